The molecule has 5 heteroatoms. The van der Waals surface area contributed by atoms with Gasteiger partial charge in [0.2, 0.25) is 6.17 Å². The number of hydrogen-bond donors (Lipinski definition) is 1. The molecule has 0 radical (unpaired) electrons. The Kier molecular flexibility index (Phi) is 4.06. The van der Waals surface area contributed by atoms with Crippen LogP contribution in [0.4, 0.5) is 4.39 Å². The average molecular weight is 229 g/mol. The van der Waals surface area contributed by atoms with Crippen molar-refractivity contribution in [2.24, 2.45) is 5.73 Å². The van der Waals surface area contributed by atoms with Crippen LogP contribution < -0.4 is 5.73 Å². The van der Waals surface area contributed by atoms with Gasteiger partial charge in [0.1, 0.15) is 17.6 Å². The van der Waals surface area contributed by atoms with E-state index in [1.165, 1.54) is 0 Å². The third-order valence-electron chi connectivity index (χ3n) is 2.34. The average Bonchev–Trinajstić information content (AvgIpc) is 2.57. The first-order valence-corrected chi connectivity index (χ1v) is 5.10. The molecule has 0 aliphatic rings. The first-order chi connectivity index (χ1) is 7.47. The maximum atomic E-state index is 13.5. The monoisotopic (exact) mass is 229 g/mol. The summed E-state index contributed by atoms with van der Waals surface area (Å²) in [5.74, 6) is -0.0289. The highest BCUT2D eigenvalue weighted by atomic mass is 19.1. The van der Waals surface area contributed by atoms with Crippen LogP contribution in [0, 0.1) is 13.8 Å². The first-order valence-electron chi connectivity index (χ1n) is 5.10. The number of carbonyl (C=O) groups is 1. The molecule has 0 saturated carbocycles. The second-order valence-electron chi connectivity index (χ2n) is 3.57. The first kappa shape index (κ1) is 12.7. The van der Waals surface area contributed by atoms with E-state index < -0.39 is 18.2 Å². The largest absolute Gasteiger partial charge is 0.464 e. The van der Waals surface area contributed by atoms with Crippen molar-refractivity contribution < 1.29 is 18.3 Å². The summed E-state index contributed by atoms with van der Waals surface area (Å²) in [4.78, 5) is 11.1. The van der Waals surface area contributed by atoms with Gasteiger partial charge in [-0.25, -0.2) is 9.18 Å². The fourth-order valence-electron chi connectivity index (χ4n) is 1.28. The quantitative estimate of drug-likeness (QED) is 0.799. The van der Waals surface area contributed by atoms with Gasteiger partial charge in [0.05, 0.1) is 6.61 Å². The molecule has 2 atom stereocenters. The second kappa shape index (κ2) is 5.12. The fraction of sp³-hybridized carbons (Fsp3) is 0.545. The highest BCUT2D eigenvalue weighted by Crippen LogP contribution is 2.23. The zero-order valence-corrected chi connectivity index (χ0v) is 9.62. The van der Waals surface area contributed by atoms with E-state index in [-0.39, 0.29) is 12.4 Å². The highest BCUT2D eigenvalue weighted by molar-refractivity contribution is 5.75. The molecule has 16 heavy (non-hydrogen) atoms. The topological polar surface area (TPSA) is 65.5 Å². The molecule has 0 spiro atoms. The van der Waals surface area contributed by atoms with Crippen LogP contribution in [0.2, 0.25) is 0 Å². The van der Waals surface area contributed by atoms with Crippen LogP contribution in [-0.4, -0.2) is 18.7 Å². The van der Waals surface area contributed by atoms with Crippen molar-refractivity contribution in [1.82, 2.24) is 0 Å². The van der Waals surface area contributed by atoms with Crippen LogP contribution in [-0.2, 0) is 9.53 Å². The molecule has 90 valence electrons. The van der Waals surface area contributed by atoms with Gasteiger partial charge in [-0.05, 0) is 32.4 Å². The van der Waals surface area contributed by atoms with Crippen molar-refractivity contribution in [1.29, 1.82) is 0 Å². The van der Waals surface area contributed by atoms with Crippen molar-refractivity contribution in [3.05, 3.63) is 23.2 Å². The van der Waals surface area contributed by atoms with E-state index in [4.69, 9.17) is 10.2 Å². The zero-order valence-electron chi connectivity index (χ0n) is 9.62. The number of aryl methyl sites for hydroxylation is 2. The van der Waals surface area contributed by atoms with E-state index >= 15 is 0 Å². The van der Waals surface area contributed by atoms with Crippen molar-refractivity contribution >= 4 is 5.97 Å². The Morgan fingerprint density at radius 3 is 2.69 bits per heavy atom. The molecule has 1 aromatic rings. The Morgan fingerprint density at radius 2 is 2.25 bits per heavy atom. The predicted molar refractivity (Wildman–Crippen MR) is 56.6 cm³/mol. The third-order valence-corrected chi connectivity index (χ3v) is 2.34. The molecule has 0 amide bonds. The van der Waals surface area contributed by atoms with E-state index in [1.807, 2.05) is 6.92 Å². The van der Waals surface area contributed by atoms with Gasteiger partial charge in [-0.15, -0.1) is 0 Å². The Hall–Kier alpha value is -1.36. The number of ether oxygens (including phenoxy) is 1. The Morgan fingerprint density at radius 1 is 1.62 bits per heavy atom. The summed E-state index contributed by atoms with van der Waals surface area (Å²) in [7, 11) is 0. The smallest absolute Gasteiger partial charge is 0.342 e. The van der Waals surface area contributed by atoms with Crippen molar-refractivity contribution in [2.45, 2.75) is 33.0 Å². The summed E-state index contributed by atoms with van der Waals surface area (Å²) < 4.78 is 23.3. The molecule has 1 heterocycles. The minimum absolute atomic E-state index is 0.127. The predicted octanol–water partition coefficient (Wildman–Crippen LogP) is 1.80. The van der Waals surface area contributed by atoms with Crippen LogP contribution in [0.3, 0.4) is 0 Å². The summed E-state index contributed by atoms with van der Waals surface area (Å²) in [6.07, 6.45) is -1.90. The lowest BCUT2D eigenvalue weighted by Crippen LogP contribution is -2.31. The fourth-order valence-corrected chi connectivity index (χ4v) is 1.28. The minimum Gasteiger partial charge on any atom is -0.464 e. The van der Waals surface area contributed by atoms with Gasteiger partial charge in [0, 0.05) is 0 Å². The molecular weight excluding hydrogens is 213 g/mol. The lowest BCUT2D eigenvalue weighted by Gasteiger charge is -2.12. The number of carbonyl (C=O) groups excluding carboxylic acids is 1. The van der Waals surface area contributed by atoms with Gasteiger partial charge in [0.15, 0.2) is 0 Å². The van der Waals surface area contributed by atoms with Gasteiger partial charge < -0.3 is 14.9 Å². The molecule has 2 N–H and O–H groups in total. The standard InChI is InChI=1S/C11H16FNO3/c1-4-15-11(14)9(12)10(13)8-5-6(2)7(3)16-8/h5,9-10H,4,13H2,1-3H3/t9?,10-/m0/s1. The van der Waals surface area contributed by atoms with Crippen LogP contribution in [0.5, 0.6) is 0 Å². The van der Waals surface area contributed by atoms with Crippen molar-refractivity contribution in [2.75, 3.05) is 6.61 Å². The third kappa shape index (κ3) is 2.61. The number of halogens is 1. The molecule has 0 saturated heterocycles. The van der Waals surface area contributed by atoms with E-state index in [9.17, 15) is 9.18 Å². The molecule has 0 aliphatic carbocycles. The molecule has 0 aromatic carbocycles. The Balaban J connectivity index is 2.77. The van der Waals surface area contributed by atoms with Crippen LogP contribution in [0.1, 0.15) is 30.0 Å². The number of furan rings is 1. The summed E-state index contributed by atoms with van der Waals surface area (Å²) in [6, 6.07) is 0.512. The second-order valence-corrected chi connectivity index (χ2v) is 3.57. The van der Waals surface area contributed by atoms with Crippen molar-refractivity contribution in [3.63, 3.8) is 0 Å². The molecule has 1 aromatic heterocycles. The van der Waals surface area contributed by atoms with Gasteiger partial charge in [-0.2, -0.15) is 0 Å². The minimum atomic E-state index is -1.90. The highest BCUT2D eigenvalue weighted by Gasteiger charge is 2.30. The molecule has 4 nitrogen and oxygen atoms in total. The van der Waals surface area contributed by atoms with Gasteiger partial charge >= 0.3 is 5.97 Å². The molecule has 0 fully saturated rings. The summed E-state index contributed by atoms with van der Waals surface area (Å²) in [5.41, 5.74) is 6.46. The van der Waals surface area contributed by atoms with Gasteiger partial charge in [-0.1, -0.05) is 0 Å². The van der Waals surface area contributed by atoms with E-state index in [1.54, 1.807) is 19.9 Å². The number of nitrogens with two attached hydrogens (primary N) is 1. The summed E-state index contributed by atoms with van der Waals surface area (Å²) in [5, 5.41) is 0. The Labute approximate surface area is 93.6 Å². The molecule has 0 bridgehead atoms. The molecule has 1 unspecified atom stereocenters. The van der Waals surface area contributed by atoms with Crippen LogP contribution >= 0.6 is 0 Å². The van der Waals surface area contributed by atoms with Crippen LogP contribution in [0.15, 0.2) is 10.5 Å². The van der Waals surface area contributed by atoms with E-state index in [0.29, 0.717) is 5.76 Å². The lowest BCUT2D eigenvalue weighted by molar-refractivity contribution is -0.150. The number of rotatable bonds is 4. The van der Waals surface area contributed by atoms with Gasteiger partial charge in [-0.3, -0.25) is 0 Å². The number of alkyl halides is 1. The van der Waals surface area contributed by atoms with Gasteiger partial charge in [0.25, 0.3) is 0 Å². The summed E-state index contributed by atoms with van der Waals surface area (Å²) >= 11 is 0. The van der Waals surface area contributed by atoms with Crippen LogP contribution in [0.25, 0.3) is 0 Å². The van der Waals surface area contributed by atoms with Crippen molar-refractivity contribution in [3.8, 4) is 0 Å². The molecule has 1 rings (SSSR count). The molecule has 0 aliphatic heterocycles. The normalized spacial score (nSPS) is 14.6. The SMILES string of the molecule is CCOC(=O)C(F)[C@@H](N)c1cc(C)c(C)o1. The molecular formula is C11H16FNO3. The lowest BCUT2D eigenvalue weighted by atomic mass is 10.1. The number of esters is 1. The summed E-state index contributed by atoms with van der Waals surface area (Å²) in [6.45, 7) is 5.31. The number of hydrogen-bond acceptors (Lipinski definition) is 4. The zero-order chi connectivity index (χ0) is 12.3. The Bertz CT molecular complexity index is 356. The maximum Gasteiger partial charge on any atom is 0.342 e. The van der Waals surface area contributed by atoms with E-state index in [0.717, 1.165) is 5.56 Å². The van der Waals surface area contributed by atoms with E-state index in [2.05, 4.69) is 4.74 Å². The maximum absolute atomic E-state index is 13.5.